The van der Waals surface area contributed by atoms with Crippen LogP contribution in [0.5, 0.6) is 5.75 Å². The smallest absolute Gasteiger partial charge is 0.163 e. The zero-order valence-electron chi connectivity index (χ0n) is 11.4. The number of nitrogen functional groups attached to an aromatic ring is 1. The first-order valence-corrected chi connectivity index (χ1v) is 6.63. The maximum absolute atomic E-state index is 11.6. The summed E-state index contributed by atoms with van der Waals surface area (Å²) in [7, 11) is 0. The Morgan fingerprint density at radius 1 is 1.25 bits per heavy atom. The van der Waals surface area contributed by atoms with Crippen LogP contribution in [0.2, 0.25) is 5.02 Å². The second-order valence-electron chi connectivity index (χ2n) is 4.70. The molecule has 2 aromatic rings. The molecule has 0 heterocycles. The second kappa shape index (κ2) is 5.97. The molecule has 0 aliphatic carbocycles. The molecule has 104 valence electrons. The third kappa shape index (κ3) is 3.31. The zero-order chi connectivity index (χ0) is 14.7. The van der Waals surface area contributed by atoms with Crippen molar-refractivity contribution >= 4 is 23.1 Å². The van der Waals surface area contributed by atoms with Crippen molar-refractivity contribution in [1.29, 1.82) is 0 Å². The topological polar surface area (TPSA) is 52.3 Å². The highest BCUT2D eigenvalue weighted by Gasteiger charge is 2.10. The summed E-state index contributed by atoms with van der Waals surface area (Å²) < 4.78 is 5.70. The Labute approximate surface area is 123 Å². The molecule has 0 aromatic heterocycles. The first-order chi connectivity index (χ1) is 9.47. The van der Waals surface area contributed by atoms with E-state index in [0.29, 0.717) is 28.6 Å². The fraction of sp³-hybridized carbons (Fsp3) is 0.188. The van der Waals surface area contributed by atoms with Gasteiger partial charge in [-0.15, -0.1) is 0 Å². The Balaban J connectivity index is 2.20. The highest BCUT2D eigenvalue weighted by Crippen LogP contribution is 2.25. The van der Waals surface area contributed by atoms with Gasteiger partial charge in [0.1, 0.15) is 12.4 Å². The molecular formula is C16H16ClNO2. The molecule has 0 amide bonds. The van der Waals surface area contributed by atoms with Gasteiger partial charge in [0.2, 0.25) is 0 Å². The number of Topliss-reactive ketones (excluding diaryl/α,β-unsaturated/α-hetero) is 1. The van der Waals surface area contributed by atoms with Crippen LogP contribution >= 0.6 is 11.6 Å². The van der Waals surface area contributed by atoms with Crippen molar-refractivity contribution in [2.45, 2.75) is 20.5 Å². The molecule has 0 radical (unpaired) electrons. The minimum absolute atomic E-state index is 0.0812. The van der Waals surface area contributed by atoms with Gasteiger partial charge in [0, 0.05) is 16.3 Å². The minimum Gasteiger partial charge on any atom is -0.488 e. The predicted molar refractivity (Wildman–Crippen MR) is 81.4 cm³/mol. The van der Waals surface area contributed by atoms with E-state index in [1.54, 1.807) is 18.2 Å². The maximum Gasteiger partial charge on any atom is 0.163 e. The third-order valence-electron chi connectivity index (χ3n) is 2.97. The van der Waals surface area contributed by atoms with Crippen LogP contribution in [0.15, 0.2) is 36.4 Å². The van der Waals surface area contributed by atoms with Crippen LogP contribution in [0.25, 0.3) is 0 Å². The lowest BCUT2D eigenvalue weighted by Gasteiger charge is -2.11. The van der Waals surface area contributed by atoms with E-state index in [2.05, 4.69) is 0 Å². The summed E-state index contributed by atoms with van der Waals surface area (Å²) in [5, 5.41) is 0.657. The van der Waals surface area contributed by atoms with Crippen molar-refractivity contribution in [3.63, 3.8) is 0 Å². The van der Waals surface area contributed by atoms with Crippen LogP contribution in [0.4, 0.5) is 5.69 Å². The zero-order valence-corrected chi connectivity index (χ0v) is 12.2. The van der Waals surface area contributed by atoms with E-state index in [1.165, 1.54) is 6.92 Å². The molecule has 0 aliphatic heterocycles. The molecular weight excluding hydrogens is 274 g/mol. The number of ether oxygens (including phenoxy) is 1. The van der Waals surface area contributed by atoms with Crippen molar-refractivity contribution in [3.05, 3.63) is 58.1 Å². The number of ketones is 1. The van der Waals surface area contributed by atoms with Crippen LogP contribution in [0.3, 0.4) is 0 Å². The Hall–Kier alpha value is -2.00. The van der Waals surface area contributed by atoms with Gasteiger partial charge in [0.05, 0.1) is 5.56 Å². The van der Waals surface area contributed by atoms with Gasteiger partial charge in [-0.05, 0) is 43.7 Å². The second-order valence-corrected chi connectivity index (χ2v) is 5.10. The van der Waals surface area contributed by atoms with Crippen LogP contribution in [0.1, 0.15) is 28.4 Å². The lowest BCUT2D eigenvalue weighted by Crippen LogP contribution is -2.03. The molecule has 0 bridgehead atoms. The molecule has 0 spiro atoms. The fourth-order valence-electron chi connectivity index (χ4n) is 1.87. The number of carbonyl (C=O) groups is 1. The van der Waals surface area contributed by atoms with E-state index in [-0.39, 0.29) is 5.78 Å². The van der Waals surface area contributed by atoms with Gasteiger partial charge in [-0.3, -0.25) is 4.79 Å². The summed E-state index contributed by atoms with van der Waals surface area (Å²) in [6.45, 7) is 3.77. The molecule has 0 atom stereocenters. The maximum atomic E-state index is 11.6. The molecule has 2 N–H and O–H groups in total. The van der Waals surface area contributed by atoms with Gasteiger partial charge in [-0.1, -0.05) is 23.7 Å². The summed E-state index contributed by atoms with van der Waals surface area (Å²) in [6.07, 6.45) is 0. The van der Waals surface area contributed by atoms with Crippen LogP contribution in [0, 0.1) is 6.92 Å². The average Bonchev–Trinajstić information content (AvgIpc) is 2.38. The highest BCUT2D eigenvalue weighted by molar-refractivity contribution is 6.31. The molecule has 4 heteroatoms. The standard InChI is InChI=1S/C16H16ClNO2/c1-10-3-4-12(15(17)7-10)9-20-16-6-5-13(18)8-14(16)11(2)19/h3-8H,9,18H2,1-2H3. The van der Waals surface area contributed by atoms with Crippen molar-refractivity contribution in [2.75, 3.05) is 5.73 Å². The molecule has 20 heavy (non-hydrogen) atoms. The summed E-state index contributed by atoms with van der Waals surface area (Å²) in [6, 6.07) is 10.8. The number of hydrogen-bond donors (Lipinski definition) is 1. The van der Waals surface area contributed by atoms with Crippen LogP contribution in [-0.4, -0.2) is 5.78 Å². The predicted octanol–water partition coefficient (Wildman–Crippen LogP) is 4.01. The molecule has 3 nitrogen and oxygen atoms in total. The Morgan fingerprint density at radius 2 is 2.00 bits per heavy atom. The number of carbonyl (C=O) groups excluding carboxylic acids is 1. The van der Waals surface area contributed by atoms with Gasteiger partial charge >= 0.3 is 0 Å². The number of hydrogen-bond acceptors (Lipinski definition) is 3. The first-order valence-electron chi connectivity index (χ1n) is 6.25. The monoisotopic (exact) mass is 289 g/mol. The van der Waals surface area contributed by atoms with Gasteiger partial charge in [0.25, 0.3) is 0 Å². The molecule has 0 saturated carbocycles. The van der Waals surface area contributed by atoms with Crippen LogP contribution in [-0.2, 0) is 6.61 Å². The lowest BCUT2D eigenvalue weighted by atomic mass is 10.1. The SMILES string of the molecule is CC(=O)c1cc(N)ccc1OCc1ccc(C)cc1Cl. The van der Waals surface area contributed by atoms with Gasteiger partial charge < -0.3 is 10.5 Å². The van der Waals surface area contributed by atoms with Crippen LogP contribution < -0.4 is 10.5 Å². The molecule has 0 aliphatic rings. The molecule has 0 fully saturated rings. The van der Waals surface area contributed by atoms with Crippen molar-refractivity contribution in [1.82, 2.24) is 0 Å². The molecule has 2 aromatic carbocycles. The lowest BCUT2D eigenvalue weighted by molar-refractivity contribution is 0.101. The minimum atomic E-state index is -0.0812. The normalized spacial score (nSPS) is 10.3. The van der Waals surface area contributed by atoms with Crippen molar-refractivity contribution in [3.8, 4) is 5.75 Å². The number of nitrogens with two attached hydrogens (primary N) is 1. The molecule has 0 saturated heterocycles. The van der Waals surface area contributed by atoms with Gasteiger partial charge in [-0.2, -0.15) is 0 Å². The summed E-state index contributed by atoms with van der Waals surface area (Å²) in [5.41, 5.74) is 8.67. The molecule has 2 rings (SSSR count). The quantitative estimate of drug-likeness (QED) is 0.683. The summed E-state index contributed by atoms with van der Waals surface area (Å²) in [5.74, 6) is 0.436. The Bertz CT molecular complexity index is 653. The van der Waals surface area contributed by atoms with Gasteiger partial charge in [-0.25, -0.2) is 0 Å². The molecule has 0 unspecified atom stereocenters. The largest absolute Gasteiger partial charge is 0.488 e. The van der Waals surface area contributed by atoms with E-state index < -0.39 is 0 Å². The highest BCUT2D eigenvalue weighted by atomic mass is 35.5. The fourth-order valence-corrected chi connectivity index (χ4v) is 2.16. The Kier molecular flexibility index (Phi) is 4.30. The number of anilines is 1. The first kappa shape index (κ1) is 14.4. The summed E-state index contributed by atoms with van der Waals surface area (Å²) in [4.78, 5) is 11.6. The third-order valence-corrected chi connectivity index (χ3v) is 3.33. The van der Waals surface area contributed by atoms with E-state index in [0.717, 1.165) is 11.1 Å². The van der Waals surface area contributed by atoms with E-state index in [9.17, 15) is 4.79 Å². The summed E-state index contributed by atoms with van der Waals surface area (Å²) >= 11 is 6.16. The number of benzene rings is 2. The van der Waals surface area contributed by atoms with E-state index in [4.69, 9.17) is 22.1 Å². The van der Waals surface area contributed by atoms with Gasteiger partial charge in [0.15, 0.2) is 5.78 Å². The van der Waals surface area contributed by atoms with Crippen molar-refractivity contribution in [2.24, 2.45) is 0 Å². The number of halogens is 1. The van der Waals surface area contributed by atoms with Crippen molar-refractivity contribution < 1.29 is 9.53 Å². The van der Waals surface area contributed by atoms with E-state index >= 15 is 0 Å². The number of aryl methyl sites for hydroxylation is 1. The average molecular weight is 290 g/mol. The van der Waals surface area contributed by atoms with E-state index in [1.807, 2.05) is 25.1 Å². The Morgan fingerprint density at radius 3 is 2.65 bits per heavy atom. The number of rotatable bonds is 4.